The number of phenols is 1. The van der Waals surface area contributed by atoms with Gasteiger partial charge in [-0.15, -0.1) is 0 Å². The molecular formula is C28H24O3. The Labute approximate surface area is 181 Å². The summed E-state index contributed by atoms with van der Waals surface area (Å²) in [4.78, 5) is 11.5. The van der Waals surface area contributed by atoms with Crippen LogP contribution in [0, 0.1) is 0 Å². The maximum Gasteiger partial charge on any atom is 0.153 e. The van der Waals surface area contributed by atoms with Gasteiger partial charge in [0.15, 0.2) is 6.29 Å². The van der Waals surface area contributed by atoms with E-state index in [4.69, 9.17) is 4.74 Å². The summed E-state index contributed by atoms with van der Waals surface area (Å²) in [5, 5.41) is 17.6. The highest BCUT2D eigenvalue weighted by atomic mass is 16.5. The molecule has 0 saturated carbocycles. The molecule has 0 aliphatic carbocycles. The monoisotopic (exact) mass is 408 g/mol. The molecule has 3 heteroatoms. The Morgan fingerprint density at radius 2 is 1.52 bits per heavy atom. The number of aldehydes is 1. The van der Waals surface area contributed by atoms with Crippen molar-refractivity contribution in [3.8, 4) is 11.5 Å². The van der Waals surface area contributed by atoms with E-state index in [9.17, 15) is 9.90 Å². The predicted molar refractivity (Wildman–Crippen MR) is 127 cm³/mol. The molecule has 0 radical (unpaired) electrons. The molecule has 0 unspecified atom stereocenters. The van der Waals surface area contributed by atoms with Gasteiger partial charge in [-0.2, -0.15) is 0 Å². The lowest BCUT2D eigenvalue weighted by atomic mass is 9.85. The Bertz CT molecular complexity index is 1420. The smallest absolute Gasteiger partial charge is 0.153 e. The number of ether oxygens (including phenoxy) is 1. The zero-order valence-corrected chi connectivity index (χ0v) is 17.9. The second kappa shape index (κ2) is 6.98. The highest BCUT2D eigenvalue weighted by Gasteiger charge is 2.19. The zero-order chi connectivity index (χ0) is 21.8. The molecule has 154 valence electrons. The van der Waals surface area contributed by atoms with Gasteiger partial charge in [0, 0.05) is 16.3 Å². The molecule has 0 atom stereocenters. The molecule has 0 bridgehead atoms. The van der Waals surface area contributed by atoms with Crippen LogP contribution in [0.5, 0.6) is 11.5 Å². The standard InChI is InChI=1S/C28H24O3/c1-28(2,3)22-13-20(15-29)27(30)21(14-22)16-31-24-12-10-19-8-7-17-5-4-6-18-9-11-23(24)26(19)25(17)18/h4-15,30H,16H2,1-3H3. The lowest BCUT2D eigenvalue weighted by Crippen LogP contribution is -2.13. The first-order chi connectivity index (χ1) is 14.9. The van der Waals surface area contributed by atoms with Gasteiger partial charge in [-0.05, 0) is 56.8 Å². The molecule has 5 aromatic carbocycles. The SMILES string of the molecule is CC(C)(C)c1cc(C=O)c(O)c(COc2ccc3ccc4cccc5ccc2c3c45)c1. The Balaban J connectivity index is 1.60. The number of rotatable bonds is 4. The molecule has 0 fully saturated rings. The van der Waals surface area contributed by atoms with Crippen LogP contribution < -0.4 is 4.74 Å². The van der Waals surface area contributed by atoms with E-state index in [0.717, 1.165) is 16.7 Å². The van der Waals surface area contributed by atoms with E-state index in [-0.39, 0.29) is 17.8 Å². The fourth-order valence-electron chi connectivity index (χ4n) is 4.34. The molecule has 0 amide bonds. The third-order valence-corrected chi connectivity index (χ3v) is 6.08. The average molecular weight is 408 g/mol. The van der Waals surface area contributed by atoms with E-state index in [1.165, 1.54) is 26.9 Å². The van der Waals surface area contributed by atoms with E-state index in [0.29, 0.717) is 17.4 Å². The fourth-order valence-corrected chi connectivity index (χ4v) is 4.34. The van der Waals surface area contributed by atoms with Crippen molar-refractivity contribution in [3.63, 3.8) is 0 Å². The molecule has 0 aliphatic rings. The average Bonchev–Trinajstić information content (AvgIpc) is 2.76. The Morgan fingerprint density at radius 3 is 2.19 bits per heavy atom. The second-order valence-corrected chi connectivity index (χ2v) is 9.15. The van der Waals surface area contributed by atoms with Crippen LogP contribution in [-0.4, -0.2) is 11.4 Å². The Kier molecular flexibility index (Phi) is 4.37. The van der Waals surface area contributed by atoms with Crippen molar-refractivity contribution in [3.05, 3.63) is 83.4 Å². The Hall–Kier alpha value is -3.59. The molecule has 5 rings (SSSR count). The molecule has 0 spiro atoms. The van der Waals surface area contributed by atoms with E-state index in [1.54, 1.807) is 6.07 Å². The fraction of sp³-hybridized carbons (Fsp3) is 0.179. The van der Waals surface area contributed by atoms with Crippen LogP contribution >= 0.6 is 0 Å². The van der Waals surface area contributed by atoms with Gasteiger partial charge in [0.05, 0.1) is 5.56 Å². The zero-order valence-electron chi connectivity index (χ0n) is 17.9. The van der Waals surface area contributed by atoms with Gasteiger partial charge in [-0.3, -0.25) is 4.79 Å². The summed E-state index contributed by atoms with van der Waals surface area (Å²) < 4.78 is 6.22. The van der Waals surface area contributed by atoms with Gasteiger partial charge >= 0.3 is 0 Å². The highest BCUT2D eigenvalue weighted by molar-refractivity contribution is 6.24. The van der Waals surface area contributed by atoms with Gasteiger partial charge in [0.2, 0.25) is 0 Å². The first kappa shape index (κ1) is 19.4. The maximum atomic E-state index is 11.5. The third-order valence-electron chi connectivity index (χ3n) is 6.08. The van der Waals surface area contributed by atoms with Crippen LogP contribution in [-0.2, 0) is 12.0 Å². The highest BCUT2D eigenvalue weighted by Crippen LogP contribution is 2.39. The van der Waals surface area contributed by atoms with Crippen LogP contribution in [0.3, 0.4) is 0 Å². The Morgan fingerprint density at radius 1 is 0.871 bits per heavy atom. The second-order valence-electron chi connectivity index (χ2n) is 9.15. The van der Waals surface area contributed by atoms with Crippen LogP contribution in [0.4, 0.5) is 0 Å². The van der Waals surface area contributed by atoms with E-state index >= 15 is 0 Å². The van der Waals surface area contributed by atoms with Gasteiger partial charge in [0.1, 0.15) is 18.1 Å². The third kappa shape index (κ3) is 3.17. The lowest BCUT2D eigenvalue weighted by Gasteiger charge is -2.22. The molecule has 0 heterocycles. The minimum Gasteiger partial charge on any atom is -0.507 e. The van der Waals surface area contributed by atoms with Gasteiger partial charge < -0.3 is 9.84 Å². The van der Waals surface area contributed by atoms with E-state index in [2.05, 4.69) is 69.3 Å². The van der Waals surface area contributed by atoms with Crippen LogP contribution in [0.1, 0.15) is 42.3 Å². The number of benzene rings is 5. The first-order valence-electron chi connectivity index (χ1n) is 10.5. The number of aromatic hydroxyl groups is 1. The van der Waals surface area contributed by atoms with Crippen molar-refractivity contribution < 1.29 is 14.6 Å². The summed E-state index contributed by atoms with van der Waals surface area (Å²) >= 11 is 0. The summed E-state index contributed by atoms with van der Waals surface area (Å²) in [6, 6.07) is 22.6. The molecule has 31 heavy (non-hydrogen) atoms. The van der Waals surface area contributed by atoms with Crippen molar-refractivity contribution in [2.45, 2.75) is 32.8 Å². The molecule has 3 nitrogen and oxygen atoms in total. The van der Waals surface area contributed by atoms with Gasteiger partial charge in [-0.1, -0.05) is 63.2 Å². The van der Waals surface area contributed by atoms with Crippen LogP contribution in [0.25, 0.3) is 32.3 Å². The molecular weight excluding hydrogens is 384 g/mol. The quantitative estimate of drug-likeness (QED) is 0.258. The predicted octanol–water partition coefficient (Wildman–Crippen LogP) is 6.98. The number of carbonyl (C=O) groups excluding carboxylic acids is 1. The summed E-state index contributed by atoms with van der Waals surface area (Å²) in [7, 11) is 0. The number of phenolic OH excluding ortho intramolecular Hbond substituents is 1. The molecule has 5 aromatic rings. The number of carbonyl (C=O) groups is 1. The maximum absolute atomic E-state index is 11.5. The summed E-state index contributed by atoms with van der Waals surface area (Å²) in [6.45, 7) is 6.43. The largest absolute Gasteiger partial charge is 0.507 e. The normalized spacial score (nSPS) is 12.1. The van der Waals surface area contributed by atoms with E-state index in [1.807, 2.05) is 12.1 Å². The minimum absolute atomic E-state index is 0.0132. The molecule has 1 N–H and O–H groups in total. The van der Waals surface area contributed by atoms with Crippen LogP contribution in [0.15, 0.2) is 66.7 Å². The van der Waals surface area contributed by atoms with Crippen molar-refractivity contribution in [2.75, 3.05) is 0 Å². The molecule has 0 saturated heterocycles. The molecule has 0 aliphatic heterocycles. The minimum atomic E-state index is -0.146. The molecule has 0 aromatic heterocycles. The number of hydrogen-bond donors (Lipinski definition) is 1. The van der Waals surface area contributed by atoms with Crippen molar-refractivity contribution >= 4 is 38.6 Å². The van der Waals surface area contributed by atoms with Crippen LogP contribution in [0.2, 0.25) is 0 Å². The first-order valence-corrected chi connectivity index (χ1v) is 10.5. The summed E-state index contributed by atoms with van der Waals surface area (Å²) in [5.41, 5.74) is 1.75. The van der Waals surface area contributed by atoms with Crippen molar-refractivity contribution in [2.24, 2.45) is 0 Å². The van der Waals surface area contributed by atoms with Crippen molar-refractivity contribution in [1.29, 1.82) is 0 Å². The topological polar surface area (TPSA) is 46.5 Å². The van der Waals surface area contributed by atoms with E-state index < -0.39 is 0 Å². The summed E-state index contributed by atoms with van der Waals surface area (Å²) in [5.74, 6) is 0.750. The lowest BCUT2D eigenvalue weighted by molar-refractivity contribution is 0.112. The van der Waals surface area contributed by atoms with Gasteiger partial charge in [0.25, 0.3) is 0 Å². The van der Waals surface area contributed by atoms with Crippen molar-refractivity contribution in [1.82, 2.24) is 0 Å². The summed E-state index contributed by atoms with van der Waals surface area (Å²) in [6.07, 6.45) is 0.699. The number of hydrogen-bond acceptors (Lipinski definition) is 3. The van der Waals surface area contributed by atoms with Gasteiger partial charge in [-0.25, -0.2) is 0 Å².